The molecule has 1 aliphatic heterocycles. The monoisotopic (exact) mass is 646 g/mol. The highest BCUT2D eigenvalue weighted by molar-refractivity contribution is 6.00. The number of benzene rings is 8. The highest BCUT2D eigenvalue weighted by Gasteiger charge is 2.55. The van der Waals surface area contributed by atoms with Crippen LogP contribution in [0.25, 0.3) is 44.5 Å². The Balaban J connectivity index is 1.26. The fourth-order valence-corrected chi connectivity index (χ4v) is 10.5. The molecule has 0 aromatic heterocycles. The summed E-state index contributed by atoms with van der Waals surface area (Å²) in [4.78, 5) is 0. The van der Waals surface area contributed by atoms with E-state index in [2.05, 4.69) is 182 Å². The zero-order valence-electron chi connectivity index (χ0n) is 27.7. The second kappa shape index (κ2) is 9.62. The normalized spacial score (nSPS) is 15.1. The first-order chi connectivity index (χ1) is 25.3. The predicted octanol–water partition coefficient (Wildman–Crippen LogP) is 12.2. The lowest BCUT2D eigenvalue weighted by Gasteiger charge is -2.41. The number of rotatable bonds is 1. The van der Waals surface area contributed by atoms with Crippen molar-refractivity contribution in [1.29, 1.82) is 0 Å². The van der Waals surface area contributed by atoms with E-state index in [0.29, 0.717) is 0 Å². The van der Waals surface area contributed by atoms with Gasteiger partial charge in [0, 0.05) is 11.1 Å². The summed E-state index contributed by atoms with van der Waals surface area (Å²) in [6, 6.07) is 67.6. The minimum atomic E-state index is -0.569. The minimum Gasteiger partial charge on any atom is -0.457 e. The molecule has 1 nitrogen and oxygen atoms in total. The first-order valence-corrected chi connectivity index (χ1v) is 17.9. The summed E-state index contributed by atoms with van der Waals surface area (Å²) in [7, 11) is 0. The summed E-state index contributed by atoms with van der Waals surface area (Å²) in [6.07, 6.45) is 0. The molecule has 236 valence electrons. The molecular weight excluding hydrogens is 617 g/mol. The van der Waals surface area contributed by atoms with Crippen molar-refractivity contribution in [3.8, 4) is 56.0 Å². The molecule has 1 heterocycles. The summed E-state index contributed by atoms with van der Waals surface area (Å²) in [5.74, 6) is 1.82. The Bertz CT molecular complexity index is 2690. The van der Waals surface area contributed by atoms with Crippen molar-refractivity contribution in [3.63, 3.8) is 0 Å². The molecule has 0 N–H and O–H groups in total. The van der Waals surface area contributed by atoms with Gasteiger partial charge in [-0.3, -0.25) is 0 Å². The Hall–Kier alpha value is -6.44. The molecule has 3 aliphatic carbocycles. The van der Waals surface area contributed by atoms with Crippen molar-refractivity contribution in [1.82, 2.24) is 0 Å². The minimum absolute atomic E-state index is 0.468. The van der Waals surface area contributed by atoms with E-state index in [0.717, 1.165) is 11.5 Å². The van der Waals surface area contributed by atoms with Crippen LogP contribution in [0.1, 0.15) is 44.5 Å². The van der Waals surface area contributed by atoms with Crippen molar-refractivity contribution in [2.75, 3.05) is 0 Å². The summed E-state index contributed by atoms with van der Waals surface area (Å²) < 4.78 is 6.97. The van der Waals surface area contributed by atoms with Gasteiger partial charge < -0.3 is 4.74 Å². The first kappa shape index (κ1) is 27.4. The lowest BCUT2D eigenvalue weighted by Crippen LogP contribution is -2.33. The van der Waals surface area contributed by atoms with Gasteiger partial charge in [0.25, 0.3) is 0 Å². The van der Waals surface area contributed by atoms with Crippen molar-refractivity contribution >= 4 is 0 Å². The standard InChI is InChI=1S/C50H30O/c1-6-23-39-31(15-1)32-16-2-7-24-40(32)49(39)43-27-10-5-19-35(43)36-20-13-21-37(47(36)49)38-22-14-30-46-48(38)50(44-28-11-12-29-45(44)51-46)41-25-8-3-17-33(41)34-18-4-9-26-42(34)50/h1-30H. The summed E-state index contributed by atoms with van der Waals surface area (Å²) in [5.41, 5.74) is 19.6. The molecule has 4 aliphatic rings. The van der Waals surface area contributed by atoms with Crippen LogP contribution in [0.15, 0.2) is 182 Å². The fourth-order valence-electron chi connectivity index (χ4n) is 10.5. The van der Waals surface area contributed by atoms with E-state index in [1.165, 1.54) is 89.0 Å². The van der Waals surface area contributed by atoms with Gasteiger partial charge in [0.05, 0.1) is 10.8 Å². The van der Waals surface area contributed by atoms with E-state index >= 15 is 0 Å². The second-order valence-corrected chi connectivity index (χ2v) is 14.2. The molecule has 8 aromatic rings. The number of ether oxygens (including phenoxy) is 1. The Morgan fingerprint density at radius 2 is 0.529 bits per heavy atom. The van der Waals surface area contributed by atoms with Crippen molar-refractivity contribution in [2.24, 2.45) is 0 Å². The second-order valence-electron chi connectivity index (χ2n) is 14.2. The molecule has 0 amide bonds. The number of fused-ring (bicyclic) bond motifs is 19. The number of para-hydroxylation sites is 1. The quantitative estimate of drug-likeness (QED) is 0.172. The Morgan fingerprint density at radius 1 is 0.235 bits per heavy atom. The highest BCUT2D eigenvalue weighted by Crippen LogP contribution is 2.67. The molecule has 51 heavy (non-hydrogen) atoms. The Morgan fingerprint density at radius 3 is 1.02 bits per heavy atom. The van der Waals surface area contributed by atoms with Crippen molar-refractivity contribution in [3.05, 3.63) is 226 Å². The van der Waals surface area contributed by atoms with Gasteiger partial charge in [-0.05, 0) is 90.0 Å². The third-order valence-corrected chi connectivity index (χ3v) is 12.2. The van der Waals surface area contributed by atoms with E-state index in [1.807, 2.05) is 0 Å². The van der Waals surface area contributed by atoms with Crippen LogP contribution in [0.2, 0.25) is 0 Å². The maximum Gasteiger partial charge on any atom is 0.132 e. The van der Waals surface area contributed by atoms with Gasteiger partial charge in [-0.15, -0.1) is 0 Å². The van der Waals surface area contributed by atoms with Gasteiger partial charge >= 0.3 is 0 Å². The summed E-state index contributed by atoms with van der Waals surface area (Å²) >= 11 is 0. The molecular formula is C50H30O. The van der Waals surface area contributed by atoms with E-state index < -0.39 is 10.8 Å². The molecule has 8 aromatic carbocycles. The van der Waals surface area contributed by atoms with Crippen molar-refractivity contribution in [2.45, 2.75) is 10.8 Å². The summed E-state index contributed by atoms with van der Waals surface area (Å²) in [5, 5.41) is 0. The lowest BCUT2D eigenvalue weighted by atomic mass is 9.63. The molecule has 0 saturated heterocycles. The molecule has 0 bridgehead atoms. The third kappa shape index (κ3) is 3.11. The van der Waals surface area contributed by atoms with Crippen LogP contribution >= 0.6 is 0 Å². The molecule has 0 radical (unpaired) electrons. The van der Waals surface area contributed by atoms with Gasteiger partial charge in [-0.2, -0.15) is 0 Å². The zero-order chi connectivity index (χ0) is 33.3. The van der Waals surface area contributed by atoms with Gasteiger partial charge in [0.15, 0.2) is 0 Å². The molecule has 0 saturated carbocycles. The first-order valence-electron chi connectivity index (χ1n) is 17.9. The molecule has 1 heteroatoms. The van der Waals surface area contributed by atoms with Crippen LogP contribution in [0.4, 0.5) is 0 Å². The third-order valence-electron chi connectivity index (χ3n) is 12.2. The van der Waals surface area contributed by atoms with Gasteiger partial charge in [0.2, 0.25) is 0 Å². The number of hydrogen-bond acceptors (Lipinski definition) is 1. The topological polar surface area (TPSA) is 9.23 Å². The average molecular weight is 647 g/mol. The smallest absolute Gasteiger partial charge is 0.132 e. The molecule has 2 spiro atoms. The molecule has 0 atom stereocenters. The number of hydrogen-bond donors (Lipinski definition) is 0. The van der Waals surface area contributed by atoms with Gasteiger partial charge in [-0.25, -0.2) is 0 Å². The van der Waals surface area contributed by atoms with E-state index in [1.54, 1.807) is 0 Å². The molecule has 12 rings (SSSR count). The Labute approximate surface area is 297 Å². The highest BCUT2D eigenvalue weighted by atomic mass is 16.5. The molecule has 0 unspecified atom stereocenters. The van der Waals surface area contributed by atoms with E-state index in [4.69, 9.17) is 4.74 Å². The fraction of sp³-hybridized carbons (Fsp3) is 0.0400. The van der Waals surface area contributed by atoms with E-state index in [9.17, 15) is 0 Å². The van der Waals surface area contributed by atoms with Crippen LogP contribution in [-0.4, -0.2) is 0 Å². The zero-order valence-corrected chi connectivity index (χ0v) is 27.7. The van der Waals surface area contributed by atoms with Crippen LogP contribution < -0.4 is 4.74 Å². The van der Waals surface area contributed by atoms with Crippen LogP contribution in [0.5, 0.6) is 11.5 Å². The van der Waals surface area contributed by atoms with Gasteiger partial charge in [-0.1, -0.05) is 170 Å². The largest absolute Gasteiger partial charge is 0.457 e. The molecule has 0 fully saturated rings. The Kier molecular flexibility index (Phi) is 5.17. The maximum atomic E-state index is 6.97. The van der Waals surface area contributed by atoms with E-state index in [-0.39, 0.29) is 0 Å². The lowest BCUT2D eigenvalue weighted by molar-refractivity contribution is 0.437. The predicted molar refractivity (Wildman–Crippen MR) is 206 cm³/mol. The maximum absolute atomic E-state index is 6.97. The summed E-state index contributed by atoms with van der Waals surface area (Å²) in [6.45, 7) is 0. The average Bonchev–Trinajstić information content (AvgIpc) is 3.79. The van der Waals surface area contributed by atoms with Crippen LogP contribution in [0.3, 0.4) is 0 Å². The van der Waals surface area contributed by atoms with Crippen LogP contribution in [-0.2, 0) is 10.8 Å². The SMILES string of the molecule is c1ccc2c(c1)Oc1cccc(-c3cccc4c3C3(c5ccccc5-c5ccccc53)c3ccccc3-4)c1C21c2ccccc2-c2ccccc21. The van der Waals surface area contributed by atoms with Gasteiger partial charge in [0.1, 0.15) is 11.5 Å². The van der Waals surface area contributed by atoms with Crippen molar-refractivity contribution < 1.29 is 4.74 Å². The van der Waals surface area contributed by atoms with Crippen LogP contribution in [0, 0.1) is 0 Å².